The van der Waals surface area contributed by atoms with Crippen molar-refractivity contribution in [1.82, 2.24) is 4.90 Å². The van der Waals surface area contributed by atoms with Gasteiger partial charge in [0, 0.05) is 12.6 Å². The number of nitrogens with zero attached hydrogens (tertiary/aromatic N) is 1. The van der Waals surface area contributed by atoms with Crippen molar-refractivity contribution < 1.29 is 9.84 Å². The first kappa shape index (κ1) is 13.4. The Morgan fingerprint density at radius 3 is 2.67 bits per heavy atom. The van der Waals surface area contributed by atoms with Crippen LogP contribution in [0.5, 0.6) is 5.75 Å². The summed E-state index contributed by atoms with van der Waals surface area (Å²) in [7, 11) is 1.69. The monoisotopic (exact) mass is 249 g/mol. The second-order valence-electron chi connectivity index (χ2n) is 5.00. The summed E-state index contributed by atoms with van der Waals surface area (Å²) in [6, 6.07) is 8.55. The lowest BCUT2D eigenvalue weighted by molar-refractivity contribution is 0.118. The van der Waals surface area contributed by atoms with Crippen molar-refractivity contribution in [3.8, 4) is 5.75 Å². The summed E-state index contributed by atoms with van der Waals surface area (Å²) in [5.74, 6) is 0.897. The molecule has 1 aromatic rings. The predicted molar refractivity (Wildman–Crippen MR) is 72.7 cm³/mol. The van der Waals surface area contributed by atoms with Crippen molar-refractivity contribution in [2.24, 2.45) is 0 Å². The molecule has 2 rings (SSSR count). The maximum Gasteiger partial charge on any atom is 0.118 e. The van der Waals surface area contributed by atoms with Crippen LogP contribution in [0.1, 0.15) is 31.2 Å². The van der Waals surface area contributed by atoms with Crippen molar-refractivity contribution >= 4 is 0 Å². The van der Waals surface area contributed by atoms with Gasteiger partial charge in [-0.1, -0.05) is 25.0 Å². The van der Waals surface area contributed by atoms with Gasteiger partial charge in [0.25, 0.3) is 0 Å². The fourth-order valence-corrected chi connectivity index (χ4v) is 2.62. The molecule has 3 heteroatoms. The topological polar surface area (TPSA) is 32.7 Å². The first-order chi connectivity index (χ1) is 8.83. The van der Waals surface area contributed by atoms with E-state index in [9.17, 15) is 5.11 Å². The van der Waals surface area contributed by atoms with E-state index in [0.717, 1.165) is 25.3 Å². The summed E-state index contributed by atoms with van der Waals surface area (Å²) in [6.45, 7) is 2.29. The number of aliphatic hydroxyl groups is 1. The minimum atomic E-state index is 0.274. The molecule has 1 fully saturated rings. The predicted octanol–water partition coefficient (Wildman–Crippen LogP) is 2.43. The summed E-state index contributed by atoms with van der Waals surface area (Å²) in [6.07, 6.45) is 4.89. The lowest BCUT2D eigenvalue weighted by Gasteiger charge is -2.28. The molecule has 1 heterocycles. The van der Waals surface area contributed by atoms with Gasteiger partial charge in [-0.2, -0.15) is 0 Å². The lowest BCUT2D eigenvalue weighted by atomic mass is 10.1. The average molecular weight is 249 g/mol. The van der Waals surface area contributed by atoms with Gasteiger partial charge in [-0.15, -0.1) is 0 Å². The van der Waals surface area contributed by atoms with Crippen LogP contribution in [0, 0.1) is 0 Å². The number of rotatable bonds is 4. The molecule has 1 unspecified atom stereocenters. The van der Waals surface area contributed by atoms with Gasteiger partial charge in [0.15, 0.2) is 0 Å². The molecule has 0 amide bonds. The molecule has 0 aromatic heterocycles. The van der Waals surface area contributed by atoms with Gasteiger partial charge in [-0.3, -0.25) is 4.90 Å². The van der Waals surface area contributed by atoms with Gasteiger partial charge in [-0.25, -0.2) is 0 Å². The third-order valence-electron chi connectivity index (χ3n) is 3.75. The van der Waals surface area contributed by atoms with E-state index in [1.165, 1.54) is 24.8 Å². The van der Waals surface area contributed by atoms with Crippen LogP contribution in [0.25, 0.3) is 0 Å². The van der Waals surface area contributed by atoms with Crippen LogP contribution in [-0.4, -0.2) is 36.3 Å². The lowest BCUT2D eigenvalue weighted by Crippen LogP contribution is -2.36. The molecule has 1 N–H and O–H groups in total. The Morgan fingerprint density at radius 2 is 2.00 bits per heavy atom. The average Bonchev–Trinajstić information content (AvgIpc) is 2.64. The smallest absolute Gasteiger partial charge is 0.118 e. The van der Waals surface area contributed by atoms with Gasteiger partial charge in [-0.05, 0) is 37.1 Å². The minimum Gasteiger partial charge on any atom is -0.497 e. The number of hydrogen-bond donors (Lipinski definition) is 1. The molecule has 100 valence electrons. The van der Waals surface area contributed by atoms with E-state index in [4.69, 9.17) is 4.74 Å². The van der Waals surface area contributed by atoms with Gasteiger partial charge < -0.3 is 9.84 Å². The molecule has 0 saturated carbocycles. The van der Waals surface area contributed by atoms with E-state index in [0.29, 0.717) is 6.04 Å². The van der Waals surface area contributed by atoms with E-state index >= 15 is 0 Å². The number of ether oxygens (including phenoxy) is 1. The van der Waals surface area contributed by atoms with Gasteiger partial charge >= 0.3 is 0 Å². The highest BCUT2D eigenvalue weighted by Gasteiger charge is 2.20. The largest absolute Gasteiger partial charge is 0.497 e. The molecule has 1 atom stereocenters. The van der Waals surface area contributed by atoms with Crippen LogP contribution in [0.3, 0.4) is 0 Å². The van der Waals surface area contributed by atoms with Crippen molar-refractivity contribution in [1.29, 1.82) is 0 Å². The van der Waals surface area contributed by atoms with Gasteiger partial charge in [0.2, 0.25) is 0 Å². The molecule has 18 heavy (non-hydrogen) atoms. The Kier molecular flexibility index (Phi) is 5.02. The Hall–Kier alpha value is -1.06. The molecule has 1 aromatic carbocycles. The summed E-state index contributed by atoms with van der Waals surface area (Å²) in [5.41, 5.74) is 1.29. The number of benzene rings is 1. The molecule has 0 bridgehead atoms. The molecule has 0 radical (unpaired) electrons. The highest BCUT2D eigenvalue weighted by molar-refractivity contribution is 5.27. The number of hydrogen-bond acceptors (Lipinski definition) is 3. The number of likely N-dealkylation sites (tertiary alicyclic amines) is 1. The zero-order valence-corrected chi connectivity index (χ0v) is 11.1. The van der Waals surface area contributed by atoms with Crippen LogP contribution in [0.4, 0.5) is 0 Å². The normalized spacial score (nSPS) is 21.6. The number of aliphatic hydroxyl groups excluding tert-OH is 1. The van der Waals surface area contributed by atoms with Crippen LogP contribution < -0.4 is 4.74 Å². The summed E-state index contributed by atoms with van der Waals surface area (Å²) in [5, 5.41) is 9.48. The Bertz CT molecular complexity index is 350. The Labute approximate surface area is 109 Å². The standard InChI is InChI=1S/C15H23NO2/c1-18-15-8-6-13(7-9-15)11-16-10-4-2-3-5-14(16)12-17/h6-9,14,17H,2-5,10-12H2,1H3. The van der Waals surface area contributed by atoms with Gasteiger partial charge in [0.05, 0.1) is 13.7 Å². The van der Waals surface area contributed by atoms with E-state index in [1.807, 2.05) is 12.1 Å². The second kappa shape index (κ2) is 6.76. The quantitative estimate of drug-likeness (QED) is 0.889. The van der Waals surface area contributed by atoms with Crippen molar-refractivity contribution in [3.63, 3.8) is 0 Å². The van der Waals surface area contributed by atoms with E-state index in [-0.39, 0.29) is 6.61 Å². The fourth-order valence-electron chi connectivity index (χ4n) is 2.62. The molecule has 0 spiro atoms. The third kappa shape index (κ3) is 3.47. The zero-order valence-electron chi connectivity index (χ0n) is 11.1. The number of methoxy groups -OCH3 is 1. The highest BCUT2D eigenvalue weighted by atomic mass is 16.5. The Morgan fingerprint density at radius 1 is 1.22 bits per heavy atom. The maximum atomic E-state index is 9.48. The summed E-state index contributed by atoms with van der Waals surface area (Å²) < 4.78 is 5.17. The van der Waals surface area contributed by atoms with Crippen LogP contribution >= 0.6 is 0 Å². The zero-order chi connectivity index (χ0) is 12.8. The second-order valence-corrected chi connectivity index (χ2v) is 5.00. The Balaban J connectivity index is 2.00. The van der Waals surface area contributed by atoms with Crippen molar-refractivity contribution in [3.05, 3.63) is 29.8 Å². The molecule has 3 nitrogen and oxygen atoms in total. The van der Waals surface area contributed by atoms with E-state index in [2.05, 4.69) is 17.0 Å². The maximum absolute atomic E-state index is 9.48. The summed E-state index contributed by atoms with van der Waals surface area (Å²) >= 11 is 0. The molecule has 1 aliphatic heterocycles. The van der Waals surface area contributed by atoms with E-state index < -0.39 is 0 Å². The SMILES string of the molecule is COc1ccc(CN2CCCCCC2CO)cc1. The van der Waals surface area contributed by atoms with Crippen LogP contribution in [-0.2, 0) is 6.54 Å². The molecular formula is C15H23NO2. The minimum absolute atomic E-state index is 0.274. The molecule has 1 saturated heterocycles. The first-order valence-electron chi connectivity index (χ1n) is 6.81. The summed E-state index contributed by atoms with van der Waals surface area (Å²) in [4.78, 5) is 2.41. The van der Waals surface area contributed by atoms with Crippen LogP contribution in [0.15, 0.2) is 24.3 Å². The highest BCUT2D eigenvalue weighted by Crippen LogP contribution is 2.20. The third-order valence-corrected chi connectivity index (χ3v) is 3.75. The molecule has 0 aliphatic carbocycles. The van der Waals surface area contributed by atoms with Crippen molar-refractivity contribution in [2.75, 3.05) is 20.3 Å². The molecular weight excluding hydrogens is 226 g/mol. The van der Waals surface area contributed by atoms with Gasteiger partial charge in [0.1, 0.15) is 5.75 Å². The molecule has 1 aliphatic rings. The van der Waals surface area contributed by atoms with E-state index in [1.54, 1.807) is 7.11 Å². The first-order valence-corrected chi connectivity index (χ1v) is 6.81. The fraction of sp³-hybridized carbons (Fsp3) is 0.600. The van der Waals surface area contributed by atoms with Crippen molar-refractivity contribution in [2.45, 2.75) is 38.3 Å². The van der Waals surface area contributed by atoms with Crippen LogP contribution in [0.2, 0.25) is 0 Å².